The maximum Gasteiger partial charge on any atom is 0.307 e. The molecule has 0 radical (unpaired) electrons. The molecule has 22 heavy (non-hydrogen) atoms. The summed E-state index contributed by atoms with van der Waals surface area (Å²) in [4.78, 5) is 25.8. The van der Waals surface area contributed by atoms with Crippen LogP contribution in [0.1, 0.15) is 18.9 Å². The minimum Gasteiger partial charge on any atom is -0.497 e. The third-order valence-electron chi connectivity index (χ3n) is 3.63. The van der Waals surface area contributed by atoms with Crippen molar-refractivity contribution in [1.82, 2.24) is 10.2 Å². The van der Waals surface area contributed by atoms with Gasteiger partial charge >= 0.3 is 5.97 Å². The molecular weight excluding hydrogens is 284 g/mol. The molecule has 2 rings (SSSR count). The predicted molar refractivity (Wildman–Crippen MR) is 81.5 cm³/mol. The highest BCUT2D eigenvalue weighted by molar-refractivity contribution is 5.87. The van der Waals surface area contributed by atoms with E-state index in [9.17, 15) is 9.59 Å². The van der Waals surface area contributed by atoms with Crippen LogP contribution < -0.4 is 10.1 Å². The van der Waals surface area contributed by atoms with E-state index in [0.717, 1.165) is 11.3 Å². The topological polar surface area (TPSA) is 67.9 Å². The molecular formula is C16H22N2O4. The Kier molecular flexibility index (Phi) is 5.77. The monoisotopic (exact) mass is 306 g/mol. The van der Waals surface area contributed by atoms with Crippen LogP contribution in [0.5, 0.6) is 5.75 Å². The van der Waals surface area contributed by atoms with E-state index < -0.39 is 6.04 Å². The molecule has 0 aromatic heterocycles. The highest BCUT2D eigenvalue weighted by Gasteiger charge is 2.32. The number of benzene rings is 1. The molecule has 1 aliphatic heterocycles. The highest BCUT2D eigenvalue weighted by Crippen LogP contribution is 2.18. The Morgan fingerprint density at radius 3 is 3.00 bits per heavy atom. The van der Waals surface area contributed by atoms with Gasteiger partial charge in [0.2, 0.25) is 5.91 Å². The fraction of sp³-hybridized carbons (Fsp3) is 0.500. The van der Waals surface area contributed by atoms with Crippen LogP contribution in [0.3, 0.4) is 0 Å². The fourth-order valence-corrected chi connectivity index (χ4v) is 2.56. The van der Waals surface area contributed by atoms with Crippen molar-refractivity contribution in [3.8, 4) is 5.75 Å². The molecule has 1 heterocycles. The Morgan fingerprint density at radius 2 is 2.27 bits per heavy atom. The van der Waals surface area contributed by atoms with Gasteiger partial charge in [-0.2, -0.15) is 0 Å². The van der Waals surface area contributed by atoms with Gasteiger partial charge in [-0.3, -0.25) is 14.5 Å². The number of ether oxygens (including phenoxy) is 2. The third-order valence-corrected chi connectivity index (χ3v) is 3.63. The molecule has 1 fully saturated rings. The summed E-state index contributed by atoms with van der Waals surface area (Å²) in [6, 6.07) is 7.23. The van der Waals surface area contributed by atoms with Crippen LogP contribution in [0.2, 0.25) is 0 Å². The van der Waals surface area contributed by atoms with E-state index >= 15 is 0 Å². The number of piperazine rings is 1. The van der Waals surface area contributed by atoms with Crippen molar-refractivity contribution in [2.24, 2.45) is 0 Å². The molecule has 6 heteroatoms. The smallest absolute Gasteiger partial charge is 0.307 e. The maximum absolute atomic E-state index is 12.1. The first-order chi connectivity index (χ1) is 10.6. The molecule has 1 amide bonds. The maximum atomic E-state index is 12.1. The SMILES string of the molecule is CCOC(=O)C[C@@H]1C(=O)NCCN1Cc1cccc(OC)c1. The van der Waals surface area contributed by atoms with E-state index in [0.29, 0.717) is 26.2 Å². The number of carbonyl (C=O) groups is 2. The quantitative estimate of drug-likeness (QED) is 0.793. The van der Waals surface area contributed by atoms with Crippen molar-refractivity contribution in [2.45, 2.75) is 25.9 Å². The Labute approximate surface area is 130 Å². The Hall–Kier alpha value is -2.08. The molecule has 120 valence electrons. The lowest BCUT2D eigenvalue weighted by atomic mass is 10.1. The predicted octanol–water partition coefficient (Wildman–Crippen LogP) is 0.949. The Balaban J connectivity index is 2.08. The summed E-state index contributed by atoms with van der Waals surface area (Å²) < 4.78 is 10.2. The Morgan fingerprint density at radius 1 is 1.45 bits per heavy atom. The molecule has 0 saturated carbocycles. The van der Waals surface area contributed by atoms with Gasteiger partial charge in [-0.15, -0.1) is 0 Å². The van der Waals surface area contributed by atoms with Gasteiger partial charge in [-0.05, 0) is 24.6 Å². The van der Waals surface area contributed by atoms with Crippen LogP contribution in [0.15, 0.2) is 24.3 Å². The normalized spacial score (nSPS) is 18.6. The zero-order chi connectivity index (χ0) is 15.9. The van der Waals surface area contributed by atoms with Crippen LogP contribution in [0, 0.1) is 0 Å². The van der Waals surface area contributed by atoms with E-state index in [2.05, 4.69) is 5.32 Å². The lowest BCUT2D eigenvalue weighted by Crippen LogP contribution is -2.55. The van der Waals surface area contributed by atoms with Gasteiger partial charge in [-0.25, -0.2) is 0 Å². The van der Waals surface area contributed by atoms with Gasteiger partial charge < -0.3 is 14.8 Å². The average Bonchev–Trinajstić information content (AvgIpc) is 2.51. The first kappa shape index (κ1) is 16.3. The lowest BCUT2D eigenvalue weighted by Gasteiger charge is -2.34. The van der Waals surface area contributed by atoms with Gasteiger partial charge in [0.15, 0.2) is 0 Å². The number of hydrogen-bond acceptors (Lipinski definition) is 5. The number of esters is 1. The number of rotatable bonds is 6. The van der Waals surface area contributed by atoms with Gasteiger partial charge in [0.25, 0.3) is 0 Å². The van der Waals surface area contributed by atoms with Gasteiger partial charge in [0.1, 0.15) is 11.8 Å². The summed E-state index contributed by atoms with van der Waals surface area (Å²) in [5.41, 5.74) is 1.04. The van der Waals surface area contributed by atoms with Crippen LogP contribution in [-0.2, 0) is 20.9 Å². The number of methoxy groups -OCH3 is 1. The first-order valence-corrected chi connectivity index (χ1v) is 7.44. The minimum absolute atomic E-state index is 0.0731. The van der Waals surface area contributed by atoms with Crippen LogP contribution in [-0.4, -0.2) is 49.6 Å². The number of amides is 1. The molecule has 0 unspecified atom stereocenters. The molecule has 0 bridgehead atoms. The summed E-state index contributed by atoms with van der Waals surface area (Å²) in [6.07, 6.45) is 0.0731. The summed E-state index contributed by atoms with van der Waals surface area (Å²) in [7, 11) is 1.62. The molecule has 1 saturated heterocycles. The number of nitrogens with zero attached hydrogens (tertiary/aromatic N) is 1. The lowest BCUT2D eigenvalue weighted by molar-refractivity contribution is -0.148. The molecule has 0 aliphatic carbocycles. The van der Waals surface area contributed by atoms with Gasteiger partial charge in [-0.1, -0.05) is 12.1 Å². The second kappa shape index (κ2) is 7.79. The second-order valence-electron chi connectivity index (χ2n) is 5.14. The molecule has 1 aromatic rings. The van der Waals surface area contributed by atoms with E-state index in [1.807, 2.05) is 29.2 Å². The summed E-state index contributed by atoms with van der Waals surface area (Å²) in [6.45, 7) is 3.96. The average molecular weight is 306 g/mol. The number of carbonyl (C=O) groups excluding carboxylic acids is 2. The number of nitrogens with one attached hydrogen (secondary N) is 1. The van der Waals surface area contributed by atoms with Crippen molar-refractivity contribution in [3.05, 3.63) is 29.8 Å². The van der Waals surface area contributed by atoms with E-state index in [-0.39, 0.29) is 18.3 Å². The highest BCUT2D eigenvalue weighted by atomic mass is 16.5. The van der Waals surface area contributed by atoms with Crippen LogP contribution in [0.25, 0.3) is 0 Å². The third kappa shape index (κ3) is 4.21. The van der Waals surface area contributed by atoms with Crippen molar-refractivity contribution in [1.29, 1.82) is 0 Å². The molecule has 0 spiro atoms. The van der Waals surface area contributed by atoms with Crippen LogP contribution >= 0.6 is 0 Å². The first-order valence-electron chi connectivity index (χ1n) is 7.44. The van der Waals surface area contributed by atoms with Crippen molar-refractivity contribution in [3.63, 3.8) is 0 Å². The van der Waals surface area contributed by atoms with Gasteiger partial charge in [0.05, 0.1) is 20.1 Å². The molecule has 1 atom stereocenters. The van der Waals surface area contributed by atoms with E-state index in [4.69, 9.17) is 9.47 Å². The van der Waals surface area contributed by atoms with Crippen molar-refractivity contribution in [2.75, 3.05) is 26.8 Å². The van der Waals surface area contributed by atoms with Gasteiger partial charge in [0, 0.05) is 19.6 Å². The second-order valence-corrected chi connectivity index (χ2v) is 5.14. The zero-order valence-electron chi connectivity index (χ0n) is 13.0. The molecule has 1 N–H and O–H groups in total. The fourth-order valence-electron chi connectivity index (χ4n) is 2.56. The molecule has 1 aromatic carbocycles. The van der Waals surface area contributed by atoms with Crippen molar-refractivity contribution < 1.29 is 19.1 Å². The summed E-state index contributed by atoms with van der Waals surface area (Å²) in [5, 5.41) is 2.80. The zero-order valence-corrected chi connectivity index (χ0v) is 13.0. The summed E-state index contributed by atoms with van der Waals surface area (Å²) in [5.74, 6) is 0.309. The minimum atomic E-state index is -0.487. The largest absolute Gasteiger partial charge is 0.497 e. The van der Waals surface area contributed by atoms with E-state index in [1.165, 1.54) is 0 Å². The Bertz CT molecular complexity index is 533. The van der Waals surface area contributed by atoms with Crippen molar-refractivity contribution >= 4 is 11.9 Å². The molecule has 6 nitrogen and oxygen atoms in total. The summed E-state index contributed by atoms with van der Waals surface area (Å²) >= 11 is 0. The molecule has 1 aliphatic rings. The van der Waals surface area contributed by atoms with E-state index in [1.54, 1.807) is 14.0 Å². The van der Waals surface area contributed by atoms with Crippen LogP contribution in [0.4, 0.5) is 0 Å². The standard InChI is InChI=1S/C16H22N2O4/c1-3-22-15(19)10-14-16(20)17-7-8-18(14)11-12-5-4-6-13(9-12)21-2/h4-6,9,14H,3,7-8,10-11H2,1-2H3,(H,17,20)/t14-/m1/s1. The number of hydrogen-bond donors (Lipinski definition) is 1.